The van der Waals surface area contributed by atoms with Gasteiger partial charge in [0.25, 0.3) is 0 Å². The summed E-state index contributed by atoms with van der Waals surface area (Å²) in [5.74, 6) is 0.552. The SMILES string of the molecule is Cc1ccc(OCCCS(=O)(=O)CC(N)=S)cc1. The van der Waals surface area contributed by atoms with Gasteiger partial charge in [-0.1, -0.05) is 29.9 Å². The minimum atomic E-state index is -3.19. The first-order valence-corrected chi connectivity index (χ1v) is 7.80. The minimum absolute atomic E-state index is 0.00875. The van der Waals surface area contributed by atoms with E-state index in [1.807, 2.05) is 31.2 Å². The van der Waals surface area contributed by atoms with Crippen LogP contribution in [0.15, 0.2) is 24.3 Å². The van der Waals surface area contributed by atoms with Crippen molar-refractivity contribution in [3.63, 3.8) is 0 Å². The quantitative estimate of drug-likeness (QED) is 0.607. The maximum Gasteiger partial charge on any atom is 0.156 e. The summed E-state index contributed by atoms with van der Waals surface area (Å²) in [7, 11) is -3.19. The third kappa shape index (κ3) is 5.97. The summed E-state index contributed by atoms with van der Waals surface area (Å²) >= 11 is 4.58. The van der Waals surface area contributed by atoms with Gasteiger partial charge in [0.2, 0.25) is 0 Å². The Hall–Kier alpha value is -1.14. The van der Waals surface area contributed by atoms with Crippen molar-refractivity contribution >= 4 is 27.0 Å². The summed E-state index contributed by atoms with van der Waals surface area (Å²) in [6.07, 6.45) is 0.429. The fourth-order valence-corrected chi connectivity index (χ4v) is 3.07. The Morgan fingerprint density at radius 1 is 1.33 bits per heavy atom. The molecule has 0 aliphatic carbocycles. The van der Waals surface area contributed by atoms with Crippen LogP contribution in [-0.2, 0) is 9.84 Å². The molecule has 0 saturated carbocycles. The number of hydrogen-bond acceptors (Lipinski definition) is 4. The molecule has 0 aromatic heterocycles. The average Bonchev–Trinajstić information content (AvgIpc) is 2.25. The van der Waals surface area contributed by atoms with Crippen molar-refractivity contribution in [2.75, 3.05) is 18.1 Å². The van der Waals surface area contributed by atoms with Crippen molar-refractivity contribution in [3.05, 3.63) is 29.8 Å². The van der Waals surface area contributed by atoms with Crippen LogP contribution in [0.2, 0.25) is 0 Å². The fourth-order valence-electron chi connectivity index (χ4n) is 1.39. The van der Waals surface area contributed by atoms with Gasteiger partial charge in [-0.15, -0.1) is 0 Å². The molecule has 1 aromatic rings. The van der Waals surface area contributed by atoms with Gasteiger partial charge in [-0.3, -0.25) is 0 Å². The van der Waals surface area contributed by atoms with E-state index < -0.39 is 9.84 Å². The molecule has 0 unspecified atom stereocenters. The molecule has 0 bridgehead atoms. The van der Waals surface area contributed by atoms with E-state index in [1.165, 1.54) is 0 Å². The van der Waals surface area contributed by atoms with Crippen LogP contribution in [0, 0.1) is 6.92 Å². The number of sulfone groups is 1. The molecule has 0 saturated heterocycles. The first-order valence-electron chi connectivity index (χ1n) is 5.57. The van der Waals surface area contributed by atoms with Gasteiger partial charge in [-0.2, -0.15) is 0 Å². The largest absolute Gasteiger partial charge is 0.494 e. The van der Waals surface area contributed by atoms with E-state index in [2.05, 4.69) is 12.2 Å². The molecule has 0 radical (unpaired) electrons. The van der Waals surface area contributed by atoms with E-state index in [0.717, 1.165) is 11.3 Å². The lowest BCUT2D eigenvalue weighted by molar-refractivity contribution is 0.317. The predicted octanol–water partition coefficient (Wildman–Crippen LogP) is 1.46. The van der Waals surface area contributed by atoms with Gasteiger partial charge in [0.05, 0.1) is 17.3 Å². The summed E-state index contributed by atoms with van der Waals surface area (Å²) in [6.45, 7) is 2.35. The predicted molar refractivity (Wildman–Crippen MR) is 76.7 cm³/mol. The number of nitrogens with two attached hydrogens (primary N) is 1. The Labute approximate surface area is 113 Å². The summed E-state index contributed by atoms with van der Waals surface area (Å²) in [6, 6.07) is 7.61. The van der Waals surface area contributed by atoms with Crippen LogP contribution >= 0.6 is 12.2 Å². The lowest BCUT2D eigenvalue weighted by atomic mass is 10.2. The first-order chi connectivity index (χ1) is 8.39. The van der Waals surface area contributed by atoms with E-state index in [-0.39, 0.29) is 16.5 Å². The molecule has 0 spiro atoms. The van der Waals surface area contributed by atoms with Crippen molar-refractivity contribution in [1.29, 1.82) is 0 Å². The molecule has 0 amide bonds. The Balaban J connectivity index is 2.31. The zero-order valence-corrected chi connectivity index (χ0v) is 11.9. The highest BCUT2D eigenvalue weighted by Gasteiger charge is 2.11. The summed E-state index contributed by atoms with van der Waals surface area (Å²) in [5, 5.41) is 0. The molecule has 100 valence electrons. The second-order valence-corrected chi connectivity index (χ2v) is 6.78. The molecular formula is C12H17NO3S2. The fraction of sp³-hybridized carbons (Fsp3) is 0.417. The van der Waals surface area contributed by atoms with Crippen LogP contribution in [0.25, 0.3) is 0 Å². The Bertz CT molecular complexity index is 495. The van der Waals surface area contributed by atoms with Crippen LogP contribution in [0.4, 0.5) is 0 Å². The standard InChI is InChI=1S/C12H17NO3S2/c1-10-3-5-11(6-4-10)16-7-2-8-18(14,15)9-12(13)17/h3-6H,2,7-9H2,1H3,(H2,13,17). The van der Waals surface area contributed by atoms with Crippen LogP contribution in [0.1, 0.15) is 12.0 Å². The van der Waals surface area contributed by atoms with E-state index in [1.54, 1.807) is 0 Å². The Morgan fingerprint density at radius 3 is 2.50 bits per heavy atom. The topological polar surface area (TPSA) is 69.4 Å². The van der Waals surface area contributed by atoms with Gasteiger partial charge in [0.15, 0.2) is 9.84 Å². The van der Waals surface area contributed by atoms with Gasteiger partial charge in [-0.05, 0) is 25.5 Å². The maximum absolute atomic E-state index is 11.5. The minimum Gasteiger partial charge on any atom is -0.494 e. The van der Waals surface area contributed by atoms with E-state index in [9.17, 15) is 8.42 Å². The molecule has 2 N–H and O–H groups in total. The normalized spacial score (nSPS) is 11.2. The molecule has 6 heteroatoms. The number of ether oxygens (including phenoxy) is 1. The molecule has 1 rings (SSSR count). The highest BCUT2D eigenvalue weighted by molar-refractivity contribution is 7.93. The lowest BCUT2D eigenvalue weighted by Crippen LogP contribution is -2.24. The Kier molecular flexibility index (Phi) is 5.55. The molecule has 0 atom stereocenters. The van der Waals surface area contributed by atoms with Gasteiger partial charge >= 0.3 is 0 Å². The monoisotopic (exact) mass is 287 g/mol. The summed E-state index contributed by atoms with van der Waals surface area (Å²) < 4.78 is 28.4. The number of aryl methyl sites for hydroxylation is 1. The molecule has 0 aliphatic rings. The highest BCUT2D eigenvalue weighted by Crippen LogP contribution is 2.11. The summed E-state index contributed by atoms with van der Waals surface area (Å²) in [4.78, 5) is 0.00875. The zero-order valence-electron chi connectivity index (χ0n) is 10.3. The third-order valence-corrected chi connectivity index (χ3v) is 4.24. The highest BCUT2D eigenvalue weighted by atomic mass is 32.2. The number of thiocarbonyl (C=S) groups is 1. The molecular weight excluding hydrogens is 270 g/mol. The van der Waals surface area contributed by atoms with Crippen molar-refractivity contribution in [2.24, 2.45) is 5.73 Å². The van der Waals surface area contributed by atoms with Gasteiger partial charge in [-0.25, -0.2) is 8.42 Å². The molecule has 0 fully saturated rings. The van der Waals surface area contributed by atoms with Gasteiger partial charge in [0.1, 0.15) is 11.5 Å². The van der Waals surface area contributed by atoms with Crippen molar-refractivity contribution < 1.29 is 13.2 Å². The molecule has 1 aromatic carbocycles. The van der Waals surface area contributed by atoms with E-state index >= 15 is 0 Å². The van der Waals surface area contributed by atoms with Crippen molar-refractivity contribution in [2.45, 2.75) is 13.3 Å². The van der Waals surface area contributed by atoms with Gasteiger partial charge in [0, 0.05) is 0 Å². The van der Waals surface area contributed by atoms with Gasteiger partial charge < -0.3 is 10.5 Å². The van der Waals surface area contributed by atoms with Crippen LogP contribution in [0.3, 0.4) is 0 Å². The number of rotatable bonds is 7. The second-order valence-electron chi connectivity index (χ2n) is 4.07. The van der Waals surface area contributed by atoms with Crippen molar-refractivity contribution in [3.8, 4) is 5.75 Å². The number of benzene rings is 1. The third-order valence-electron chi connectivity index (χ3n) is 2.25. The molecule has 0 aliphatic heterocycles. The molecule has 0 heterocycles. The average molecular weight is 287 g/mol. The smallest absolute Gasteiger partial charge is 0.156 e. The second kappa shape index (κ2) is 6.70. The zero-order chi connectivity index (χ0) is 13.6. The van der Waals surface area contributed by atoms with E-state index in [0.29, 0.717) is 13.0 Å². The van der Waals surface area contributed by atoms with E-state index in [4.69, 9.17) is 10.5 Å². The number of hydrogen-bond donors (Lipinski definition) is 1. The maximum atomic E-state index is 11.5. The van der Waals surface area contributed by atoms with Crippen LogP contribution in [0.5, 0.6) is 5.75 Å². The van der Waals surface area contributed by atoms with Crippen LogP contribution < -0.4 is 10.5 Å². The van der Waals surface area contributed by atoms with Crippen molar-refractivity contribution in [1.82, 2.24) is 0 Å². The summed E-state index contributed by atoms with van der Waals surface area (Å²) in [5.41, 5.74) is 6.36. The molecule has 4 nitrogen and oxygen atoms in total. The molecule has 18 heavy (non-hydrogen) atoms. The lowest BCUT2D eigenvalue weighted by Gasteiger charge is -2.06. The van der Waals surface area contributed by atoms with Crippen LogP contribution in [-0.4, -0.2) is 31.5 Å². The Morgan fingerprint density at radius 2 is 1.94 bits per heavy atom. The first kappa shape index (κ1) is 14.9.